The quantitative estimate of drug-likeness (QED) is 0.346. The molecule has 0 bridgehead atoms. The molecule has 0 aliphatic heterocycles. The number of aliphatic carboxylic acids is 1. The molecule has 34 heavy (non-hydrogen) atoms. The van der Waals surface area contributed by atoms with Crippen molar-refractivity contribution in [1.82, 2.24) is 4.57 Å². The van der Waals surface area contributed by atoms with E-state index in [9.17, 15) is 14.7 Å². The fraction of sp³-hybridized carbons (Fsp3) is 0.360. The average Bonchev–Trinajstić information content (AvgIpc) is 3.17. The molecule has 182 valence electrons. The first-order chi connectivity index (χ1) is 16.0. The smallest absolute Gasteiger partial charge is 0.347 e. The van der Waals surface area contributed by atoms with Crippen molar-refractivity contribution >= 4 is 51.8 Å². The summed E-state index contributed by atoms with van der Waals surface area (Å²) in [6.45, 7) is 5.84. The zero-order chi connectivity index (χ0) is 25.0. The maximum Gasteiger partial charge on any atom is 0.347 e. The average molecular weight is 506 g/mol. The largest absolute Gasteiger partial charge is 0.478 e. The number of carboxylic acid groups (broad SMARTS) is 1. The highest BCUT2D eigenvalue weighted by atomic mass is 35.5. The Bertz CT molecular complexity index is 1210. The number of hydrogen-bond acceptors (Lipinski definition) is 3. The van der Waals surface area contributed by atoms with Gasteiger partial charge in [-0.1, -0.05) is 42.6 Å². The van der Waals surface area contributed by atoms with Crippen LogP contribution in [0.3, 0.4) is 0 Å². The fourth-order valence-corrected chi connectivity index (χ4v) is 4.22. The van der Waals surface area contributed by atoms with Crippen LogP contribution in [0.15, 0.2) is 42.6 Å². The lowest BCUT2D eigenvalue weighted by Gasteiger charge is -2.23. The highest BCUT2D eigenvalue weighted by Crippen LogP contribution is 2.36. The number of amides is 2. The minimum Gasteiger partial charge on any atom is -0.478 e. The van der Waals surface area contributed by atoms with Crippen LogP contribution in [0, 0.1) is 0 Å². The van der Waals surface area contributed by atoms with Gasteiger partial charge in [0.2, 0.25) is 0 Å². The van der Waals surface area contributed by atoms with E-state index in [0.29, 0.717) is 28.0 Å². The van der Waals surface area contributed by atoms with Gasteiger partial charge in [-0.3, -0.25) is 4.90 Å². The van der Waals surface area contributed by atoms with Gasteiger partial charge >= 0.3 is 12.0 Å². The molecule has 0 aliphatic carbocycles. The van der Waals surface area contributed by atoms with Crippen LogP contribution in [0.2, 0.25) is 10.0 Å². The van der Waals surface area contributed by atoms with Gasteiger partial charge in [0, 0.05) is 30.2 Å². The Hall–Kier alpha value is -2.90. The minimum absolute atomic E-state index is 0.285. The normalized spacial score (nSPS) is 11.6. The number of rotatable bonds is 10. The van der Waals surface area contributed by atoms with Crippen LogP contribution >= 0.6 is 23.2 Å². The molecule has 2 aromatic carbocycles. The highest BCUT2D eigenvalue weighted by Gasteiger charge is 2.29. The van der Waals surface area contributed by atoms with Crippen LogP contribution in [-0.4, -0.2) is 33.8 Å². The van der Waals surface area contributed by atoms with Crippen LogP contribution in [-0.2, 0) is 17.8 Å². The van der Waals surface area contributed by atoms with E-state index in [4.69, 9.17) is 33.7 Å². The predicted octanol–water partition coefficient (Wildman–Crippen LogP) is 6.12. The lowest BCUT2D eigenvalue weighted by molar-refractivity contribution is -0.152. The van der Waals surface area contributed by atoms with Gasteiger partial charge in [0.05, 0.1) is 15.7 Å². The first-order valence-electron chi connectivity index (χ1n) is 11.1. The number of primary amides is 1. The van der Waals surface area contributed by atoms with Crippen molar-refractivity contribution in [2.24, 2.45) is 5.73 Å². The van der Waals surface area contributed by atoms with E-state index < -0.39 is 17.6 Å². The molecule has 0 fully saturated rings. The summed E-state index contributed by atoms with van der Waals surface area (Å²) in [5.74, 6) is -0.588. The van der Waals surface area contributed by atoms with Gasteiger partial charge in [-0.2, -0.15) is 0 Å². The van der Waals surface area contributed by atoms with Gasteiger partial charge in [-0.15, -0.1) is 0 Å². The summed E-state index contributed by atoms with van der Waals surface area (Å²) in [4.78, 5) is 25.0. The van der Waals surface area contributed by atoms with Crippen LogP contribution in [0.25, 0.3) is 10.9 Å². The van der Waals surface area contributed by atoms with Gasteiger partial charge in [-0.25, -0.2) is 9.59 Å². The SMILES string of the molecule is CCCCc1ccc(N(CCn2ccc3cc(OC(C)(C)C(=O)O)ccc32)C(N)=O)c(Cl)c1Cl. The number of fused-ring (bicyclic) bond motifs is 1. The Morgan fingerprint density at radius 2 is 1.88 bits per heavy atom. The molecule has 3 aromatic rings. The number of unbranched alkanes of at least 4 members (excludes halogenated alkanes) is 1. The molecule has 1 aromatic heterocycles. The van der Waals surface area contributed by atoms with Crippen molar-refractivity contribution in [1.29, 1.82) is 0 Å². The number of nitrogens with two attached hydrogens (primary N) is 1. The van der Waals surface area contributed by atoms with E-state index >= 15 is 0 Å². The number of carbonyl (C=O) groups excluding carboxylic acids is 1. The summed E-state index contributed by atoms with van der Waals surface area (Å²) in [5.41, 5.74) is 6.66. The van der Waals surface area contributed by atoms with Crippen molar-refractivity contribution in [3.8, 4) is 5.75 Å². The number of nitrogens with zero attached hydrogens (tertiary/aromatic N) is 2. The Kier molecular flexibility index (Phi) is 8.00. The highest BCUT2D eigenvalue weighted by molar-refractivity contribution is 6.44. The summed E-state index contributed by atoms with van der Waals surface area (Å²) in [6, 6.07) is 10.3. The Labute approximate surface area is 209 Å². The predicted molar refractivity (Wildman–Crippen MR) is 136 cm³/mol. The van der Waals surface area contributed by atoms with Gasteiger partial charge in [0.25, 0.3) is 0 Å². The zero-order valence-corrected chi connectivity index (χ0v) is 21.0. The molecule has 0 radical (unpaired) electrons. The Morgan fingerprint density at radius 3 is 2.53 bits per heavy atom. The van der Waals surface area contributed by atoms with E-state index in [1.54, 1.807) is 18.2 Å². The molecule has 0 atom stereocenters. The van der Waals surface area contributed by atoms with E-state index in [2.05, 4.69) is 6.92 Å². The maximum atomic E-state index is 12.2. The second kappa shape index (κ2) is 10.6. The molecule has 0 saturated carbocycles. The molecule has 0 saturated heterocycles. The number of halogens is 2. The Balaban J connectivity index is 1.80. The first-order valence-corrected chi connectivity index (χ1v) is 11.9. The molecule has 3 rings (SSSR count). The second-order valence-electron chi connectivity index (χ2n) is 8.61. The number of aryl methyl sites for hydroxylation is 1. The summed E-state index contributed by atoms with van der Waals surface area (Å²) < 4.78 is 7.60. The molecule has 2 amide bonds. The molecular formula is C25H29Cl2N3O4. The van der Waals surface area contributed by atoms with Gasteiger partial charge in [-0.05, 0) is 62.6 Å². The third-order valence-corrected chi connectivity index (χ3v) is 6.60. The molecule has 0 aliphatic rings. The molecule has 1 heterocycles. The van der Waals surface area contributed by atoms with Crippen molar-refractivity contribution in [2.45, 2.75) is 52.2 Å². The number of urea groups is 1. The fourth-order valence-electron chi connectivity index (χ4n) is 3.68. The zero-order valence-electron chi connectivity index (χ0n) is 19.5. The van der Waals surface area contributed by atoms with Crippen LogP contribution in [0.5, 0.6) is 5.75 Å². The van der Waals surface area contributed by atoms with Crippen molar-refractivity contribution in [3.05, 3.63) is 58.2 Å². The summed E-state index contributed by atoms with van der Waals surface area (Å²) in [7, 11) is 0. The number of ether oxygens (including phenoxy) is 1. The molecule has 7 nitrogen and oxygen atoms in total. The third kappa shape index (κ3) is 5.59. The number of anilines is 1. The topological polar surface area (TPSA) is 97.8 Å². The molecular weight excluding hydrogens is 477 g/mol. The number of hydrogen-bond donors (Lipinski definition) is 2. The first kappa shape index (κ1) is 25.7. The van der Waals surface area contributed by atoms with E-state index in [1.807, 2.05) is 29.0 Å². The van der Waals surface area contributed by atoms with E-state index in [-0.39, 0.29) is 6.54 Å². The summed E-state index contributed by atoms with van der Waals surface area (Å²) in [6.07, 6.45) is 4.74. The number of benzene rings is 2. The number of carbonyl (C=O) groups is 2. The second-order valence-corrected chi connectivity index (χ2v) is 9.37. The Morgan fingerprint density at radius 1 is 1.15 bits per heavy atom. The van der Waals surface area contributed by atoms with Crippen molar-refractivity contribution in [3.63, 3.8) is 0 Å². The van der Waals surface area contributed by atoms with Crippen molar-refractivity contribution in [2.75, 3.05) is 11.4 Å². The van der Waals surface area contributed by atoms with Crippen molar-refractivity contribution < 1.29 is 19.4 Å². The maximum absolute atomic E-state index is 12.2. The third-order valence-electron chi connectivity index (χ3n) is 5.69. The standard InChI is InChI=1S/C25H29Cl2N3O4/c1-4-5-6-16-7-9-20(22(27)21(16)26)30(24(28)33)14-13-29-12-11-17-15-18(8-10-19(17)29)34-25(2,3)23(31)32/h7-12,15H,4-6,13-14H2,1-3H3,(H2,28,33)(H,31,32). The van der Waals surface area contributed by atoms with Gasteiger partial charge in [0.1, 0.15) is 5.75 Å². The van der Waals surface area contributed by atoms with Crippen LogP contribution in [0.4, 0.5) is 10.5 Å². The molecule has 9 heteroatoms. The van der Waals surface area contributed by atoms with E-state index in [0.717, 1.165) is 35.7 Å². The summed E-state index contributed by atoms with van der Waals surface area (Å²) in [5, 5.41) is 10.9. The van der Waals surface area contributed by atoms with Gasteiger partial charge in [0.15, 0.2) is 5.60 Å². The van der Waals surface area contributed by atoms with Crippen LogP contribution < -0.4 is 15.4 Å². The van der Waals surface area contributed by atoms with E-state index in [1.165, 1.54) is 18.7 Å². The number of aromatic nitrogens is 1. The summed E-state index contributed by atoms with van der Waals surface area (Å²) >= 11 is 13.0. The van der Waals surface area contributed by atoms with Gasteiger partial charge < -0.3 is 20.1 Å². The lowest BCUT2D eigenvalue weighted by atomic mass is 10.1. The van der Waals surface area contributed by atoms with Crippen LogP contribution in [0.1, 0.15) is 39.2 Å². The molecule has 0 spiro atoms. The minimum atomic E-state index is -1.34. The molecule has 3 N–H and O–H groups in total. The monoisotopic (exact) mass is 505 g/mol. The number of carboxylic acids is 1. The lowest BCUT2D eigenvalue weighted by Crippen LogP contribution is -2.38. The molecule has 0 unspecified atom stereocenters.